The van der Waals surface area contributed by atoms with Gasteiger partial charge < -0.3 is 24.5 Å². The Bertz CT molecular complexity index is 753. The quantitative estimate of drug-likeness (QED) is 0.842. The van der Waals surface area contributed by atoms with Gasteiger partial charge in [-0.1, -0.05) is 6.07 Å². The van der Waals surface area contributed by atoms with Crippen molar-refractivity contribution in [3.63, 3.8) is 0 Å². The number of ether oxygens (including phenoxy) is 2. The topological polar surface area (TPSA) is 89.8 Å². The van der Waals surface area contributed by atoms with Gasteiger partial charge >= 0.3 is 0 Å². The van der Waals surface area contributed by atoms with E-state index >= 15 is 0 Å². The first-order valence-electron chi connectivity index (χ1n) is 7.61. The van der Waals surface area contributed by atoms with Gasteiger partial charge in [-0.3, -0.25) is 9.59 Å². The molecule has 7 heteroatoms. The molecule has 24 heavy (non-hydrogen) atoms. The average Bonchev–Trinajstić information content (AvgIpc) is 3.20. The van der Waals surface area contributed by atoms with E-state index in [-0.39, 0.29) is 31.6 Å². The predicted octanol–water partition coefficient (Wildman–Crippen LogP) is 1.75. The van der Waals surface area contributed by atoms with Crippen LogP contribution in [0.4, 0.5) is 0 Å². The van der Waals surface area contributed by atoms with E-state index in [2.05, 4.69) is 10.6 Å². The molecule has 3 rings (SSSR count). The van der Waals surface area contributed by atoms with Crippen LogP contribution in [0.2, 0.25) is 0 Å². The Morgan fingerprint density at radius 3 is 2.75 bits per heavy atom. The van der Waals surface area contributed by atoms with Crippen molar-refractivity contribution in [1.82, 2.24) is 10.6 Å². The summed E-state index contributed by atoms with van der Waals surface area (Å²) in [4.78, 5) is 23.7. The Morgan fingerprint density at radius 2 is 1.96 bits per heavy atom. The Hall–Kier alpha value is -2.96. The maximum Gasteiger partial charge on any atom is 0.254 e. The SMILES string of the molecule is Cc1occc1C(=O)NCCC(=O)NCc1ccc2c(c1)OCO2. The summed E-state index contributed by atoms with van der Waals surface area (Å²) >= 11 is 0. The summed E-state index contributed by atoms with van der Waals surface area (Å²) in [6.07, 6.45) is 1.66. The lowest BCUT2D eigenvalue weighted by atomic mass is 10.2. The third kappa shape index (κ3) is 3.68. The number of furan rings is 1. The normalized spacial score (nSPS) is 12.0. The molecule has 0 saturated heterocycles. The average molecular weight is 330 g/mol. The van der Waals surface area contributed by atoms with Gasteiger partial charge in [-0.2, -0.15) is 0 Å². The molecule has 7 nitrogen and oxygen atoms in total. The number of benzene rings is 1. The van der Waals surface area contributed by atoms with Gasteiger partial charge in [-0.05, 0) is 30.7 Å². The molecule has 1 aromatic heterocycles. The van der Waals surface area contributed by atoms with Gasteiger partial charge in [0.15, 0.2) is 11.5 Å². The number of aryl methyl sites for hydroxylation is 1. The molecule has 0 unspecified atom stereocenters. The first kappa shape index (κ1) is 15.9. The second-order valence-electron chi connectivity index (χ2n) is 5.36. The number of carbonyl (C=O) groups excluding carboxylic acids is 2. The summed E-state index contributed by atoms with van der Waals surface area (Å²) < 4.78 is 15.6. The molecule has 1 aliphatic heterocycles. The fourth-order valence-corrected chi connectivity index (χ4v) is 2.35. The van der Waals surface area contributed by atoms with Crippen LogP contribution < -0.4 is 20.1 Å². The second-order valence-corrected chi connectivity index (χ2v) is 5.36. The van der Waals surface area contributed by atoms with Crippen molar-refractivity contribution in [3.8, 4) is 11.5 Å². The van der Waals surface area contributed by atoms with E-state index in [0.29, 0.717) is 29.4 Å². The van der Waals surface area contributed by atoms with Gasteiger partial charge in [-0.15, -0.1) is 0 Å². The highest BCUT2D eigenvalue weighted by atomic mass is 16.7. The minimum Gasteiger partial charge on any atom is -0.469 e. The van der Waals surface area contributed by atoms with Crippen LogP contribution >= 0.6 is 0 Å². The number of carbonyl (C=O) groups is 2. The molecular formula is C17H18N2O5. The van der Waals surface area contributed by atoms with Crippen LogP contribution in [-0.4, -0.2) is 25.2 Å². The maximum atomic E-state index is 11.9. The molecule has 2 amide bonds. The minimum atomic E-state index is -0.246. The zero-order valence-electron chi connectivity index (χ0n) is 13.3. The summed E-state index contributed by atoms with van der Waals surface area (Å²) in [5.41, 5.74) is 1.40. The van der Waals surface area contributed by atoms with E-state index in [1.807, 2.05) is 18.2 Å². The van der Waals surface area contributed by atoms with Crippen LogP contribution in [-0.2, 0) is 11.3 Å². The van der Waals surface area contributed by atoms with Gasteiger partial charge in [0.1, 0.15) is 5.76 Å². The highest BCUT2D eigenvalue weighted by Gasteiger charge is 2.14. The molecule has 2 aromatic rings. The van der Waals surface area contributed by atoms with Gasteiger partial charge in [0.25, 0.3) is 5.91 Å². The summed E-state index contributed by atoms with van der Waals surface area (Å²) in [6, 6.07) is 7.13. The van der Waals surface area contributed by atoms with Crippen molar-refractivity contribution in [2.24, 2.45) is 0 Å². The van der Waals surface area contributed by atoms with Crippen LogP contribution in [0.3, 0.4) is 0 Å². The molecular weight excluding hydrogens is 312 g/mol. The molecule has 126 valence electrons. The molecule has 0 fully saturated rings. The summed E-state index contributed by atoms with van der Waals surface area (Å²) in [5, 5.41) is 5.50. The summed E-state index contributed by atoms with van der Waals surface area (Å²) in [7, 11) is 0. The molecule has 1 aromatic carbocycles. The van der Waals surface area contributed by atoms with E-state index in [9.17, 15) is 9.59 Å². The molecule has 0 radical (unpaired) electrons. The lowest BCUT2D eigenvalue weighted by Crippen LogP contribution is -2.30. The first-order chi connectivity index (χ1) is 11.6. The third-order valence-electron chi connectivity index (χ3n) is 3.67. The number of fused-ring (bicyclic) bond motifs is 1. The molecule has 0 aliphatic carbocycles. The Labute approximate surface area is 138 Å². The minimum absolute atomic E-state index is 0.142. The largest absolute Gasteiger partial charge is 0.469 e. The maximum absolute atomic E-state index is 11.9. The molecule has 0 atom stereocenters. The Kier molecular flexibility index (Phi) is 4.69. The number of hydrogen-bond donors (Lipinski definition) is 2. The van der Waals surface area contributed by atoms with Gasteiger partial charge in [0.2, 0.25) is 12.7 Å². The number of amides is 2. The second kappa shape index (κ2) is 7.08. The van der Waals surface area contributed by atoms with Crippen LogP contribution in [0.15, 0.2) is 34.9 Å². The zero-order valence-corrected chi connectivity index (χ0v) is 13.3. The van der Waals surface area contributed by atoms with E-state index in [1.54, 1.807) is 13.0 Å². The molecule has 0 spiro atoms. The van der Waals surface area contributed by atoms with E-state index in [1.165, 1.54) is 6.26 Å². The van der Waals surface area contributed by atoms with Crippen molar-refractivity contribution >= 4 is 11.8 Å². The fraction of sp³-hybridized carbons (Fsp3) is 0.294. The van der Waals surface area contributed by atoms with Crippen LogP contribution in [0.1, 0.15) is 28.1 Å². The molecule has 0 bridgehead atoms. The van der Waals surface area contributed by atoms with Gasteiger partial charge in [0, 0.05) is 19.5 Å². The third-order valence-corrected chi connectivity index (χ3v) is 3.67. The molecule has 0 saturated carbocycles. The van der Waals surface area contributed by atoms with E-state index in [4.69, 9.17) is 13.9 Å². The first-order valence-corrected chi connectivity index (χ1v) is 7.61. The highest BCUT2D eigenvalue weighted by molar-refractivity contribution is 5.95. The highest BCUT2D eigenvalue weighted by Crippen LogP contribution is 2.32. The van der Waals surface area contributed by atoms with Crippen molar-refractivity contribution in [2.75, 3.05) is 13.3 Å². The standard InChI is InChI=1S/C17H18N2O5/c1-11-13(5-7-22-11)17(21)18-6-4-16(20)19-9-12-2-3-14-15(8-12)24-10-23-14/h2-3,5,7-8H,4,6,9-10H2,1H3,(H,18,21)(H,19,20). The number of hydrogen-bond acceptors (Lipinski definition) is 5. The Balaban J connectivity index is 1.40. The summed E-state index contributed by atoms with van der Waals surface area (Å²) in [5.74, 6) is 1.56. The zero-order chi connectivity index (χ0) is 16.9. The van der Waals surface area contributed by atoms with Crippen molar-refractivity contribution in [1.29, 1.82) is 0 Å². The van der Waals surface area contributed by atoms with Crippen LogP contribution in [0, 0.1) is 6.92 Å². The van der Waals surface area contributed by atoms with Gasteiger partial charge in [0.05, 0.1) is 11.8 Å². The van der Waals surface area contributed by atoms with E-state index in [0.717, 1.165) is 5.56 Å². The van der Waals surface area contributed by atoms with Crippen molar-refractivity contribution < 1.29 is 23.5 Å². The van der Waals surface area contributed by atoms with Crippen LogP contribution in [0.5, 0.6) is 11.5 Å². The van der Waals surface area contributed by atoms with Crippen molar-refractivity contribution in [3.05, 3.63) is 47.4 Å². The predicted molar refractivity (Wildman–Crippen MR) is 84.8 cm³/mol. The van der Waals surface area contributed by atoms with Gasteiger partial charge in [-0.25, -0.2) is 0 Å². The van der Waals surface area contributed by atoms with Crippen molar-refractivity contribution in [2.45, 2.75) is 19.9 Å². The molecule has 2 heterocycles. The fourth-order valence-electron chi connectivity index (χ4n) is 2.35. The smallest absolute Gasteiger partial charge is 0.254 e. The Morgan fingerprint density at radius 1 is 1.12 bits per heavy atom. The number of nitrogens with one attached hydrogen (secondary N) is 2. The molecule has 2 N–H and O–H groups in total. The monoisotopic (exact) mass is 330 g/mol. The van der Waals surface area contributed by atoms with Crippen LogP contribution in [0.25, 0.3) is 0 Å². The summed E-state index contributed by atoms with van der Waals surface area (Å²) in [6.45, 7) is 2.59. The lowest BCUT2D eigenvalue weighted by Gasteiger charge is -2.07. The molecule has 1 aliphatic rings. The lowest BCUT2D eigenvalue weighted by molar-refractivity contribution is -0.121. The number of rotatable bonds is 6. The van der Waals surface area contributed by atoms with E-state index < -0.39 is 0 Å².